The van der Waals surface area contributed by atoms with E-state index in [9.17, 15) is 9.59 Å². The lowest BCUT2D eigenvalue weighted by molar-refractivity contribution is 0.102. The molecule has 0 aliphatic carbocycles. The predicted molar refractivity (Wildman–Crippen MR) is 112 cm³/mol. The van der Waals surface area contributed by atoms with Crippen LogP contribution in [0.2, 0.25) is 0 Å². The highest BCUT2D eigenvalue weighted by Crippen LogP contribution is 2.20. The molecule has 0 atom stereocenters. The first kappa shape index (κ1) is 18.9. The second kappa shape index (κ2) is 8.68. The lowest BCUT2D eigenvalue weighted by Gasteiger charge is -2.08. The molecule has 3 aromatic carbocycles. The van der Waals surface area contributed by atoms with E-state index in [1.165, 1.54) is 13.2 Å². The summed E-state index contributed by atoms with van der Waals surface area (Å²) in [7, 11) is 1.53. The molecule has 0 spiro atoms. The number of allylic oxidation sites excluding steroid dienone is 1. The number of nitrogen functional groups attached to an aromatic ring is 1. The van der Waals surface area contributed by atoms with E-state index >= 15 is 0 Å². The second-order valence-electron chi connectivity index (χ2n) is 6.06. The van der Waals surface area contributed by atoms with Crippen LogP contribution >= 0.6 is 0 Å². The molecular formula is C23H20N2O3. The van der Waals surface area contributed by atoms with Crippen molar-refractivity contribution < 1.29 is 14.3 Å². The highest BCUT2D eigenvalue weighted by Gasteiger charge is 2.09. The number of nitrogens with two attached hydrogens (primary N) is 1. The van der Waals surface area contributed by atoms with Crippen LogP contribution in [0.15, 0.2) is 78.9 Å². The number of hydrogen-bond acceptors (Lipinski definition) is 4. The van der Waals surface area contributed by atoms with E-state index < -0.39 is 0 Å². The van der Waals surface area contributed by atoms with Gasteiger partial charge in [-0.1, -0.05) is 42.5 Å². The molecule has 0 aliphatic rings. The minimum atomic E-state index is -0.251. The van der Waals surface area contributed by atoms with Crippen molar-refractivity contribution in [3.05, 3.63) is 95.6 Å². The second-order valence-corrected chi connectivity index (χ2v) is 6.06. The Kier molecular flexibility index (Phi) is 5.87. The van der Waals surface area contributed by atoms with Crippen LogP contribution in [0.4, 0.5) is 11.4 Å². The molecule has 0 aromatic heterocycles. The number of amides is 1. The fraction of sp³-hybridized carbons (Fsp3) is 0.0435. The number of benzene rings is 3. The molecule has 5 heteroatoms. The molecule has 0 radical (unpaired) electrons. The molecule has 140 valence electrons. The van der Waals surface area contributed by atoms with Crippen LogP contribution < -0.4 is 15.8 Å². The van der Waals surface area contributed by atoms with Crippen molar-refractivity contribution in [3.63, 3.8) is 0 Å². The number of anilines is 2. The Morgan fingerprint density at radius 1 is 0.929 bits per heavy atom. The van der Waals surface area contributed by atoms with Crippen LogP contribution in [0.1, 0.15) is 26.3 Å². The van der Waals surface area contributed by atoms with E-state index in [1.54, 1.807) is 72.8 Å². The van der Waals surface area contributed by atoms with Gasteiger partial charge in [-0.3, -0.25) is 9.59 Å². The molecule has 0 fully saturated rings. The summed E-state index contributed by atoms with van der Waals surface area (Å²) in [6.45, 7) is 0. The van der Waals surface area contributed by atoms with Crippen molar-refractivity contribution in [1.82, 2.24) is 0 Å². The molecule has 3 aromatic rings. The Hall–Kier alpha value is -3.86. The molecule has 0 bridgehead atoms. The smallest absolute Gasteiger partial charge is 0.255 e. The summed E-state index contributed by atoms with van der Waals surface area (Å²) in [6, 6.07) is 21.1. The van der Waals surface area contributed by atoms with Crippen LogP contribution in [0, 0.1) is 0 Å². The average molecular weight is 372 g/mol. The van der Waals surface area contributed by atoms with Crippen molar-refractivity contribution in [2.24, 2.45) is 0 Å². The van der Waals surface area contributed by atoms with Crippen molar-refractivity contribution in [2.75, 3.05) is 18.2 Å². The Balaban J connectivity index is 1.69. The van der Waals surface area contributed by atoms with Gasteiger partial charge in [0.25, 0.3) is 5.91 Å². The van der Waals surface area contributed by atoms with Crippen LogP contribution in [0.25, 0.3) is 6.08 Å². The molecule has 5 nitrogen and oxygen atoms in total. The number of carbonyl (C=O) groups is 2. The van der Waals surface area contributed by atoms with Gasteiger partial charge >= 0.3 is 0 Å². The summed E-state index contributed by atoms with van der Waals surface area (Å²) in [5.74, 6) is 0.127. The van der Waals surface area contributed by atoms with E-state index in [-0.39, 0.29) is 11.7 Å². The lowest BCUT2D eigenvalue weighted by atomic mass is 10.1. The summed E-state index contributed by atoms with van der Waals surface area (Å²) >= 11 is 0. The first-order valence-corrected chi connectivity index (χ1v) is 8.70. The van der Waals surface area contributed by atoms with Crippen molar-refractivity contribution in [2.45, 2.75) is 0 Å². The van der Waals surface area contributed by atoms with Crippen molar-refractivity contribution in [1.29, 1.82) is 0 Å². The quantitative estimate of drug-likeness (QED) is 0.381. The van der Waals surface area contributed by atoms with Gasteiger partial charge in [0.1, 0.15) is 5.75 Å². The number of hydrogen-bond donors (Lipinski definition) is 2. The maximum atomic E-state index is 12.4. The molecule has 0 saturated heterocycles. The highest BCUT2D eigenvalue weighted by atomic mass is 16.5. The molecule has 3 N–H and O–H groups in total. The van der Waals surface area contributed by atoms with E-state index in [1.807, 2.05) is 6.07 Å². The fourth-order valence-corrected chi connectivity index (χ4v) is 2.66. The lowest BCUT2D eigenvalue weighted by Crippen LogP contribution is -2.12. The Morgan fingerprint density at radius 2 is 1.61 bits per heavy atom. The van der Waals surface area contributed by atoms with E-state index in [0.29, 0.717) is 28.3 Å². The summed E-state index contributed by atoms with van der Waals surface area (Å²) in [5.41, 5.74) is 8.72. The summed E-state index contributed by atoms with van der Waals surface area (Å²) in [5, 5.41) is 2.78. The molecule has 0 heterocycles. The Labute approximate surface area is 163 Å². The van der Waals surface area contributed by atoms with E-state index in [4.69, 9.17) is 10.5 Å². The number of ketones is 1. The summed E-state index contributed by atoms with van der Waals surface area (Å²) < 4.78 is 5.21. The van der Waals surface area contributed by atoms with Crippen molar-refractivity contribution in [3.8, 4) is 5.75 Å². The van der Waals surface area contributed by atoms with E-state index in [2.05, 4.69) is 5.32 Å². The van der Waals surface area contributed by atoms with Crippen LogP contribution in [-0.4, -0.2) is 18.8 Å². The fourth-order valence-electron chi connectivity index (χ4n) is 2.66. The molecular weight excluding hydrogens is 352 g/mol. The van der Waals surface area contributed by atoms with Crippen LogP contribution in [-0.2, 0) is 0 Å². The maximum absolute atomic E-state index is 12.4. The van der Waals surface area contributed by atoms with Gasteiger partial charge in [0.2, 0.25) is 0 Å². The van der Waals surface area contributed by atoms with Gasteiger partial charge in [0.05, 0.1) is 24.0 Å². The number of carbonyl (C=O) groups excluding carboxylic acids is 2. The first-order valence-electron chi connectivity index (χ1n) is 8.70. The third-order valence-corrected chi connectivity index (χ3v) is 4.18. The Bertz CT molecular complexity index is 1020. The van der Waals surface area contributed by atoms with Gasteiger partial charge in [0, 0.05) is 5.56 Å². The molecule has 28 heavy (non-hydrogen) atoms. The van der Waals surface area contributed by atoms with Crippen molar-refractivity contribution >= 4 is 29.1 Å². The van der Waals surface area contributed by atoms with Gasteiger partial charge in [0.15, 0.2) is 5.78 Å². The van der Waals surface area contributed by atoms with Gasteiger partial charge in [-0.15, -0.1) is 0 Å². The molecule has 0 aliphatic heterocycles. The number of ether oxygens (including phenoxy) is 1. The van der Waals surface area contributed by atoms with Gasteiger partial charge < -0.3 is 15.8 Å². The standard InChI is InChI=1S/C23H20N2O3/c1-28-22-9-5-2-6-18(22)21(26)15-12-16-10-13-17(14-11-16)23(27)25-20-8-4-3-7-19(20)24/h2-15H,24H2,1H3,(H,25,27)/b15-12+. The minimum Gasteiger partial charge on any atom is -0.496 e. The molecule has 1 amide bonds. The topological polar surface area (TPSA) is 81.4 Å². The minimum absolute atomic E-state index is 0.154. The number of para-hydroxylation sites is 3. The van der Waals surface area contributed by atoms with Gasteiger partial charge in [-0.2, -0.15) is 0 Å². The van der Waals surface area contributed by atoms with E-state index in [0.717, 1.165) is 5.56 Å². The molecule has 0 unspecified atom stereocenters. The number of methoxy groups -OCH3 is 1. The summed E-state index contributed by atoms with van der Waals surface area (Å²) in [6.07, 6.45) is 3.18. The normalized spacial score (nSPS) is 10.6. The maximum Gasteiger partial charge on any atom is 0.255 e. The first-order chi connectivity index (χ1) is 13.6. The third kappa shape index (κ3) is 4.45. The molecule has 3 rings (SSSR count). The highest BCUT2D eigenvalue weighted by molar-refractivity contribution is 6.09. The average Bonchev–Trinajstić information content (AvgIpc) is 2.74. The van der Waals surface area contributed by atoms with Gasteiger partial charge in [-0.05, 0) is 48.0 Å². The largest absolute Gasteiger partial charge is 0.496 e. The zero-order chi connectivity index (χ0) is 19.9. The Morgan fingerprint density at radius 3 is 2.32 bits per heavy atom. The number of rotatable bonds is 6. The van der Waals surface area contributed by atoms with Crippen LogP contribution in [0.5, 0.6) is 5.75 Å². The summed E-state index contributed by atoms with van der Waals surface area (Å²) in [4.78, 5) is 24.7. The zero-order valence-corrected chi connectivity index (χ0v) is 15.4. The van der Waals surface area contributed by atoms with Crippen LogP contribution in [0.3, 0.4) is 0 Å². The van der Waals surface area contributed by atoms with Gasteiger partial charge in [-0.25, -0.2) is 0 Å². The third-order valence-electron chi connectivity index (χ3n) is 4.18. The predicted octanol–water partition coefficient (Wildman–Crippen LogP) is 4.43. The SMILES string of the molecule is COc1ccccc1C(=O)/C=C/c1ccc(C(=O)Nc2ccccc2N)cc1. The monoisotopic (exact) mass is 372 g/mol. The number of nitrogens with one attached hydrogen (secondary N) is 1. The zero-order valence-electron chi connectivity index (χ0n) is 15.4. The molecule has 0 saturated carbocycles.